The minimum atomic E-state index is -0.167. The first-order valence-electron chi connectivity index (χ1n) is 29.2. The van der Waals surface area contributed by atoms with Gasteiger partial charge in [-0.1, -0.05) is 160 Å². The lowest BCUT2D eigenvalue weighted by Crippen LogP contribution is -2.62. The fourth-order valence-corrected chi connectivity index (χ4v) is 16.7. The molecule has 2 unspecified atom stereocenters. The summed E-state index contributed by atoms with van der Waals surface area (Å²) >= 11 is 0. The Hall–Kier alpha value is -7.18. The van der Waals surface area contributed by atoms with Crippen LogP contribution in [-0.2, 0) is 27.1 Å². The molecule has 3 aliphatic heterocycles. The first-order valence-corrected chi connectivity index (χ1v) is 29.2. The van der Waals surface area contributed by atoms with E-state index in [0.29, 0.717) is 0 Å². The smallest absolute Gasteiger partial charge is 0.252 e. The highest BCUT2D eigenvalue weighted by molar-refractivity contribution is 7.00. The van der Waals surface area contributed by atoms with Gasteiger partial charge in [0, 0.05) is 72.8 Å². The van der Waals surface area contributed by atoms with Crippen molar-refractivity contribution in [3.63, 3.8) is 0 Å². The number of para-hydroxylation sites is 4. The Morgan fingerprint density at radius 1 is 0.372 bits per heavy atom. The van der Waals surface area contributed by atoms with Gasteiger partial charge in [-0.05, 0) is 166 Å². The highest BCUT2D eigenvalue weighted by Gasteiger charge is 2.58. The lowest BCUT2D eigenvalue weighted by Gasteiger charge is -2.51. The topological polar surface area (TPSA) is 36.0 Å². The van der Waals surface area contributed by atoms with E-state index in [2.05, 4.69) is 230 Å². The lowest BCUT2D eigenvalue weighted by molar-refractivity contribution is 0.195. The predicted octanol–water partition coefficient (Wildman–Crippen LogP) is 18.0. The van der Waals surface area contributed by atoms with E-state index in [9.17, 15) is 0 Å². The standard InChI is InChI=1S/C72H70BN3O2/c1-67(2)32-33-68(3,4)51-36-43(28-29-49(51)67)74-58-41-53-52(69(5,6)34-35-70(53,7)8)40-55(58)73-54-39-48-46-21-12-15-26-62(46)77-64(48)42-59(54)75(57-25-19-22-47-45-20-11-16-27-63(45)78-66(47)57)61-38-44(37-60(74)65(61)73)76-56-24-14-13-23-50(56)71(9)30-17-18-31-72(71,76)10/h11-16,19-29,36-42H,17-18,30-35H2,1-10H3. The molecule has 1 fully saturated rings. The van der Waals surface area contributed by atoms with Crippen molar-refractivity contribution < 1.29 is 8.83 Å². The maximum Gasteiger partial charge on any atom is 0.252 e. The highest BCUT2D eigenvalue weighted by Crippen LogP contribution is 2.62. The molecule has 2 aromatic heterocycles. The molecule has 16 rings (SSSR count). The number of hydrogen-bond acceptors (Lipinski definition) is 5. The molecule has 6 heteroatoms. The van der Waals surface area contributed by atoms with Crippen LogP contribution >= 0.6 is 0 Å². The summed E-state index contributed by atoms with van der Waals surface area (Å²) in [6.45, 7) is 24.9. The average Bonchev–Trinajstić information content (AvgIpc) is 3.30. The predicted molar refractivity (Wildman–Crippen MR) is 328 cm³/mol. The van der Waals surface area contributed by atoms with E-state index in [-0.39, 0.29) is 39.3 Å². The van der Waals surface area contributed by atoms with Gasteiger partial charge in [-0.15, -0.1) is 0 Å². The summed E-state index contributed by atoms with van der Waals surface area (Å²) < 4.78 is 14.1. The van der Waals surface area contributed by atoms with E-state index in [0.717, 1.165) is 87.4 Å². The summed E-state index contributed by atoms with van der Waals surface area (Å²) in [5.41, 5.74) is 24.5. The molecule has 3 aliphatic carbocycles. The molecule has 0 saturated heterocycles. The molecule has 388 valence electrons. The quantitative estimate of drug-likeness (QED) is 0.165. The number of benzene rings is 8. The summed E-state index contributed by atoms with van der Waals surface area (Å²) in [6.07, 6.45) is 9.33. The fraction of sp³-hybridized carbons (Fsp3) is 0.333. The summed E-state index contributed by atoms with van der Waals surface area (Å²) in [7, 11) is 0. The Kier molecular flexibility index (Phi) is 9.22. The summed E-state index contributed by atoms with van der Waals surface area (Å²) in [5.74, 6) is 0. The normalized spacial score (nSPS) is 22.7. The van der Waals surface area contributed by atoms with Crippen LogP contribution in [0.3, 0.4) is 0 Å². The van der Waals surface area contributed by atoms with Crippen LogP contribution in [-0.4, -0.2) is 12.3 Å². The van der Waals surface area contributed by atoms with Gasteiger partial charge in [-0.3, -0.25) is 0 Å². The molecule has 6 aliphatic rings. The van der Waals surface area contributed by atoms with Crippen LogP contribution < -0.4 is 31.1 Å². The molecule has 2 atom stereocenters. The van der Waals surface area contributed by atoms with Crippen LogP contribution in [0.2, 0.25) is 0 Å². The Bertz CT molecular complexity index is 4260. The zero-order valence-corrected chi connectivity index (χ0v) is 47.2. The van der Waals surface area contributed by atoms with Crippen molar-refractivity contribution in [1.29, 1.82) is 0 Å². The monoisotopic (exact) mass is 1020 g/mol. The zero-order valence-electron chi connectivity index (χ0n) is 47.2. The number of furan rings is 2. The first kappa shape index (κ1) is 46.9. The molecule has 5 nitrogen and oxygen atoms in total. The van der Waals surface area contributed by atoms with Gasteiger partial charge < -0.3 is 23.5 Å². The van der Waals surface area contributed by atoms with E-state index >= 15 is 0 Å². The van der Waals surface area contributed by atoms with Gasteiger partial charge in [0.25, 0.3) is 6.71 Å². The van der Waals surface area contributed by atoms with E-state index < -0.39 is 0 Å². The number of hydrogen-bond donors (Lipinski definition) is 0. The Balaban J connectivity index is 1.08. The molecule has 78 heavy (non-hydrogen) atoms. The lowest BCUT2D eigenvalue weighted by atomic mass is 9.33. The van der Waals surface area contributed by atoms with Gasteiger partial charge >= 0.3 is 0 Å². The van der Waals surface area contributed by atoms with Crippen LogP contribution in [0.1, 0.15) is 148 Å². The molecule has 0 radical (unpaired) electrons. The third kappa shape index (κ3) is 6.05. The largest absolute Gasteiger partial charge is 0.456 e. The minimum absolute atomic E-state index is 0.00444. The van der Waals surface area contributed by atoms with Crippen molar-refractivity contribution in [2.45, 2.75) is 153 Å². The molecule has 0 bridgehead atoms. The first-order chi connectivity index (χ1) is 37.4. The van der Waals surface area contributed by atoms with Crippen LogP contribution in [0, 0.1) is 0 Å². The summed E-state index contributed by atoms with van der Waals surface area (Å²) in [6, 6.07) is 56.4. The van der Waals surface area contributed by atoms with Crippen LogP contribution in [0.25, 0.3) is 43.9 Å². The van der Waals surface area contributed by atoms with Crippen molar-refractivity contribution in [3.8, 4) is 0 Å². The number of rotatable bonds is 3. The second-order valence-corrected chi connectivity index (χ2v) is 27.6. The third-order valence-electron chi connectivity index (χ3n) is 21.5. The van der Waals surface area contributed by atoms with E-state index in [1.165, 1.54) is 97.6 Å². The van der Waals surface area contributed by atoms with Gasteiger partial charge in [0.1, 0.15) is 16.7 Å². The van der Waals surface area contributed by atoms with E-state index in [1.54, 1.807) is 0 Å². The molecule has 10 aromatic rings. The SMILES string of the molecule is CC1(C)CCC(C)(C)c2cc(N3c4cc5c(cc4B4c6cc7c(cc6N(c6cccc8c6oc6ccccc68)c6cc(N8c9ccccc9C9(C)CCCCC89C)cc3c64)oc3ccccc37)C(C)(C)CCC5(C)C)ccc21. The number of fused-ring (bicyclic) bond motifs is 15. The van der Waals surface area contributed by atoms with Crippen molar-refractivity contribution in [2.75, 3.05) is 14.7 Å². The van der Waals surface area contributed by atoms with Gasteiger partial charge in [0.05, 0.1) is 11.2 Å². The van der Waals surface area contributed by atoms with Crippen molar-refractivity contribution >= 4 is 112 Å². The van der Waals surface area contributed by atoms with Crippen LogP contribution in [0.4, 0.5) is 45.5 Å². The fourth-order valence-electron chi connectivity index (χ4n) is 16.7. The molecular formula is C72H70BN3O2. The summed E-state index contributed by atoms with van der Waals surface area (Å²) in [4.78, 5) is 8.13. The van der Waals surface area contributed by atoms with Crippen LogP contribution in [0.5, 0.6) is 0 Å². The zero-order chi connectivity index (χ0) is 53.2. The summed E-state index contributed by atoms with van der Waals surface area (Å²) in [5, 5.41) is 4.53. The molecular weight excluding hydrogens is 950 g/mol. The van der Waals surface area contributed by atoms with Crippen molar-refractivity contribution in [2.24, 2.45) is 0 Å². The maximum absolute atomic E-state index is 7.13. The molecule has 0 amide bonds. The van der Waals surface area contributed by atoms with Crippen LogP contribution in [0.15, 0.2) is 154 Å². The molecule has 1 saturated carbocycles. The van der Waals surface area contributed by atoms with Gasteiger partial charge in [-0.2, -0.15) is 0 Å². The van der Waals surface area contributed by atoms with E-state index in [1.807, 2.05) is 0 Å². The molecule has 0 spiro atoms. The second-order valence-electron chi connectivity index (χ2n) is 27.6. The third-order valence-corrected chi connectivity index (χ3v) is 21.5. The Labute approximate surface area is 460 Å². The average molecular weight is 1020 g/mol. The molecule has 5 heterocycles. The number of anilines is 8. The minimum Gasteiger partial charge on any atom is -0.456 e. The second kappa shape index (κ2) is 15.3. The van der Waals surface area contributed by atoms with E-state index in [4.69, 9.17) is 8.83 Å². The van der Waals surface area contributed by atoms with Crippen molar-refractivity contribution in [1.82, 2.24) is 0 Å². The maximum atomic E-state index is 7.13. The Morgan fingerprint density at radius 3 is 1.68 bits per heavy atom. The molecule has 8 aromatic carbocycles. The molecule has 0 N–H and O–H groups in total. The Morgan fingerprint density at radius 2 is 0.936 bits per heavy atom. The highest BCUT2D eigenvalue weighted by atomic mass is 16.3. The van der Waals surface area contributed by atoms with Crippen molar-refractivity contribution in [3.05, 3.63) is 173 Å². The van der Waals surface area contributed by atoms with Gasteiger partial charge in [-0.25, -0.2) is 0 Å². The number of nitrogens with zero attached hydrogens (tertiary/aromatic N) is 3. The van der Waals surface area contributed by atoms with Gasteiger partial charge in [0.15, 0.2) is 5.58 Å². The van der Waals surface area contributed by atoms with Gasteiger partial charge in [0.2, 0.25) is 0 Å².